The molecule has 0 aliphatic carbocycles. The van der Waals surface area contributed by atoms with Crippen LogP contribution in [-0.4, -0.2) is 19.3 Å². The molecule has 1 fully saturated rings. The molecule has 2 aromatic carbocycles. The van der Waals surface area contributed by atoms with E-state index in [9.17, 15) is 0 Å². The summed E-state index contributed by atoms with van der Waals surface area (Å²) in [6.07, 6.45) is 3.77. The SMILES string of the molecule is Cc1ccc([C@]2(CC[NH2+][C@@H](C)c3ccc(Cl)cc3)CCO[C@H](C(C)C)C2)cc1. The zero-order valence-electron chi connectivity index (χ0n) is 17.7. The van der Waals surface area contributed by atoms with Crippen molar-refractivity contribution < 1.29 is 10.1 Å². The molecule has 1 heterocycles. The molecule has 1 aliphatic rings. The maximum Gasteiger partial charge on any atom is 0.109 e. The van der Waals surface area contributed by atoms with Crippen LogP contribution in [-0.2, 0) is 10.2 Å². The molecular formula is C25H35ClNO+. The molecule has 0 aromatic heterocycles. The van der Waals surface area contributed by atoms with Crippen molar-refractivity contribution in [1.82, 2.24) is 0 Å². The molecule has 0 bridgehead atoms. The van der Waals surface area contributed by atoms with Crippen molar-refractivity contribution in [3.63, 3.8) is 0 Å². The number of rotatable bonds is 7. The van der Waals surface area contributed by atoms with Gasteiger partial charge in [-0.25, -0.2) is 0 Å². The van der Waals surface area contributed by atoms with E-state index < -0.39 is 0 Å². The molecule has 0 amide bonds. The van der Waals surface area contributed by atoms with Gasteiger partial charge in [0.2, 0.25) is 0 Å². The summed E-state index contributed by atoms with van der Waals surface area (Å²) in [6, 6.07) is 17.9. The van der Waals surface area contributed by atoms with E-state index in [0.29, 0.717) is 18.1 Å². The lowest BCUT2D eigenvalue weighted by Gasteiger charge is -2.42. The number of quaternary nitrogens is 1. The molecule has 152 valence electrons. The smallest absolute Gasteiger partial charge is 0.109 e. The van der Waals surface area contributed by atoms with Crippen LogP contribution in [0.15, 0.2) is 48.5 Å². The second-order valence-corrected chi connectivity index (χ2v) is 9.30. The zero-order chi connectivity index (χ0) is 20.1. The van der Waals surface area contributed by atoms with Gasteiger partial charge in [-0.3, -0.25) is 0 Å². The Balaban J connectivity index is 1.72. The van der Waals surface area contributed by atoms with Gasteiger partial charge in [0.05, 0.1) is 12.6 Å². The summed E-state index contributed by atoms with van der Waals surface area (Å²) in [7, 11) is 0. The molecule has 2 nitrogen and oxygen atoms in total. The average molecular weight is 401 g/mol. The van der Waals surface area contributed by atoms with E-state index in [4.69, 9.17) is 16.3 Å². The summed E-state index contributed by atoms with van der Waals surface area (Å²) in [4.78, 5) is 0. The van der Waals surface area contributed by atoms with Crippen LogP contribution in [0.5, 0.6) is 0 Å². The standard InChI is InChI=1S/C25H34ClNO/c1-18(2)24-17-25(14-16-28-24,22-9-5-19(3)6-10-22)13-15-27-20(4)21-7-11-23(26)12-8-21/h5-12,18,20,24,27H,13-17H2,1-4H3/p+1/t20-,24-,25+/m0/s1. The van der Waals surface area contributed by atoms with Crippen LogP contribution in [0, 0.1) is 12.8 Å². The third kappa shape index (κ3) is 5.17. The van der Waals surface area contributed by atoms with Gasteiger partial charge in [0.15, 0.2) is 0 Å². The van der Waals surface area contributed by atoms with Crippen molar-refractivity contribution in [2.24, 2.45) is 5.92 Å². The van der Waals surface area contributed by atoms with Crippen LogP contribution in [0.4, 0.5) is 0 Å². The molecule has 2 aromatic rings. The summed E-state index contributed by atoms with van der Waals surface area (Å²) in [6.45, 7) is 11.0. The van der Waals surface area contributed by atoms with Crippen LogP contribution >= 0.6 is 11.6 Å². The Labute approximate surface area is 175 Å². The zero-order valence-corrected chi connectivity index (χ0v) is 18.5. The Bertz CT molecular complexity index is 740. The lowest BCUT2D eigenvalue weighted by atomic mass is 9.68. The molecule has 1 aliphatic heterocycles. The van der Waals surface area contributed by atoms with Crippen molar-refractivity contribution in [2.45, 2.75) is 64.5 Å². The Morgan fingerprint density at radius 3 is 2.39 bits per heavy atom. The second-order valence-electron chi connectivity index (χ2n) is 8.87. The van der Waals surface area contributed by atoms with Gasteiger partial charge in [-0.05, 0) is 50.3 Å². The quantitative estimate of drug-likeness (QED) is 0.658. The van der Waals surface area contributed by atoms with E-state index in [0.717, 1.165) is 31.0 Å². The van der Waals surface area contributed by atoms with E-state index in [-0.39, 0.29) is 5.41 Å². The minimum absolute atomic E-state index is 0.219. The van der Waals surface area contributed by atoms with E-state index in [2.05, 4.69) is 69.4 Å². The van der Waals surface area contributed by atoms with Gasteiger partial charge in [-0.2, -0.15) is 0 Å². The first-order chi connectivity index (χ1) is 13.4. The summed E-state index contributed by atoms with van der Waals surface area (Å²) >= 11 is 6.04. The van der Waals surface area contributed by atoms with Crippen LogP contribution in [0.3, 0.4) is 0 Å². The number of aryl methyl sites for hydroxylation is 1. The van der Waals surface area contributed by atoms with Gasteiger partial charge < -0.3 is 10.1 Å². The second kappa shape index (κ2) is 9.43. The van der Waals surface area contributed by atoms with Crippen LogP contribution in [0.25, 0.3) is 0 Å². The molecule has 0 radical (unpaired) electrons. The Kier molecular flexibility index (Phi) is 7.20. The molecule has 3 heteroatoms. The summed E-state index contributed by atoms with van der Waals surface area (Å²) in [5.74, 6) is 0.557. The van der Waals surface area contributed by atoms with Crippen molar-refractivity contribution in [2.75, 3.05) is 13.2 Å². The van der Waals surface area contributed by atoms with Crippen molar-refractivity contribution >= 4 is 11.6 Å². The summed E-state index contributed by atoms with van der Waals surface area (Å²) in [5.41, 5.74) is 4.37. The number of nitrogens with two attached hydrogens (primary N) is 1. The van der Waals surface area contributed by atoms with Crippen molar-refractivity contribution in [3.05, 3.63) is 70.2 Å². The molecule has 3 rings (SSSR count). The van der Waals surface area contributed by atoms with Crippen LogP contribution < -0.4 is 5.32 Å². The fourth-order valence-electron chi connectivity index (χ4n) is 4.43. The lowest BCUT2D eigenvalue weighted by Crippen LogP contribution is -2.85. The largest absolute Gasteiger partial charge is 0.378 e. The van der Waals surface area contributed by atoms with Gasteiger partial charge >= 0.3 is 0 Å². The molecule has 2 N–H and O–H groups in total. The first kappa shape index (κ1) is 21.4. The highest BCUT2D eigenvalue weighted by molar-refractivity contribution is 6.30. The third-order valence-electron chi connectivity index (χ3n) is 6.45. The molecule has 3 atom stereocenters. The topological polar surface area (TPSA) is 25.8 Å². The van der Waals surface area contributed by atoms with Gasteiger partial charge in [0, 0.05) is 29.0 Å². The first-order valence-corrected chi connectivity index (χ1v) is 11.0. The normalized spacial score (nSPS) is 23.7. The van der Waals surface area contributed by atoms with Gasteiger partial charge in [-0.15, -0.1) is 0 Å². The molecule has 28 heavy (non-hydrogen) atoms. The minimum Gasteiger partial charge on any atom is -0.378 e. The minimum atomic E-state index is 0.219. The molecule has 0 saturated carbocycles. The van der Waals surface area contributed by atoms with Crippen molar-refractivity contribution in [3.8, 4) is 0 Å². The van der Waals surface area contributed by atoms with Gasteiger partial charge in [0.25, 0.3) is 0 Å². The first-order valence-electron chi connectivity index (χ1n) is 10.7. The predicted molar refractivity (Wildman–Crippen MR) is 118 cm³/mol. The highest BCUT2D eigenvalue weighted by Gasteiger charge is 2.39. The number of ether oxygens (including phenoxy) is 1. The Morgan fingerprint density at radius 2 is 1.75 bits per heavy atom. The highest BCUT2D eigenvalue weighted by Crippen LogP contribution is 2.41. The fourth-order valence-corrected chi connectivity index (χ4v) is 4.56. The lowest BCUT2D eigenvalue weighted by molar-refractivity contribution is -0.693. The van der Waals surface area contributed by atoms with Crippen LogP contribution in [0.2, 0.25) is 5.02 Å². The van der Waals surface area contributed by atoms with Crippen LogP contribution in [0.1, 0.15) is 62.8 Å². The van der Waals surface area contributed by atoms with E-state index in [1.165, 1.54) is 23.1 Å². The predicted octanol–water partition coefficient (Wildman–Crippen LogP) is 5.44. The number of benzene rings is 2. The number of hydrogen-bond donors (Lipinski definition) is 1. The summed E-state index contributed by atoms with van der Waals surface area (Å²) in [5, 5.41) is 3.27. The molecule has 0 spiro atoms. The molecular weight excluding hydrogens is 366 g/mol. The van der Waals surface area contributed by atoms with E-state index in [1.54, 1.807) is 0 Å². The average Bonchev–Trinajstić information content (AvgIpc) is 2.69. The monoisotopic (exact) mass is 400 g/mol. The van der Waals surface area contributed by atoms with Gasteiger partial charge in [0.1, 0.15) is 6.04 Å². The Morgan fingerprint density at radius 1 is 1.07 bits per heavy atom. The van der Waals surface area contributed by atoms with E-state index >= 15 is 0 Å². The fraction of sp³-hybridized carbons (Fsp3) is 0.520. The molecule has 1 saturated heterocycles. The number of halogens is 1. The van der Waals surface area contributed by atoms with E-state index in [1.807, 2.05) is 12.1 Å². The third-order valence-corrected chi connectivity index (χ3v) is 6.70. The van der Waals surface area contributed by atoms with Gasteiger partial charge in [-0.1, -0.05) is 67.4 Å². The highest BCUT2D eigenvalue weighted by atomic mass is 35.5. The number of hydrogen-bond acceptors (Lipinski definition) is 1. The Hall–Kier alpha value is -1.35. The van der Waals surface area contributed by atoms with Crippen molar-refractivity contribution in [1.29, 1.82) is 0 Å². The maximum atomic E-state index is 6.13. The molecule has 0 unspecified atom stereocenters. The maximum absolute atomic E-state index is 6.13. The summed E-state index contributed by atoms with van der Waals surface area (Å²) < 4.78 is 6.13.